The van der Waals surface area contributed by atoms with Gasteiger partial charge in [0, 0.05) is 18.7 Å². The lowest BCUT2D eigenvalue weighted by Crippen LogP contribution is -2.37. The summed E-state index contributed by atoms with van der Waals surface area (Å²) in [6, 6.07) is 6.16. The van der Waals surface area contributed by atoms with Gasteiger partial charge in [0.2, 0.25) is 5.91 Å². The number of carbonyl (C=O) groups is 1. The summed E-state index contributed by atoms with van der Waals surface area (Å²) in [7, 11) is -3.60. The molecule has 1 saturated heterocycles. The van der Waals surface area contributed by atoms with Crippen molar-refractivity contribution in [3.05, 3.63) is 29.8 Å². The Bertz CT molecular complexity index is 885. The standard InChI is InChI=1S/C23H36N4O3S/c1-3-4-12-20(25-22-19-11-5-6-13-21(19)31(29,30)26-22)23(28)24-14-7-8-15-27-16-9-10-18(2)17-27/h5-6,11,13,18,20H,3-4,7-10,12,14-17H2,1-2H3,(H,24,28)(H,25,26). The lowest BCUT2D eigenvalue weighted by molar-refractivity contribution is -0.122. The van der Waals surface area contributed by atoms with Gasteiger partial charge in [-0.05, 0) is 63.2 Å². The van der Waals surface area contributed by atoms with Crippen molar-refractivity contribution in [1.82, 2.24) is 14.9 Å². The second-order valence-corrected chi connectivity index (χ2v) is 10.4. The molecule has 2 unspecified atom stereocenters. The first-order chi connectivity index (χ1) is 14.9. The highest BCUT2D eigenvalue weighted by Crippen LogP contribution is 2.23. The van der Waals surface area contributed by atoms with Crippen LogP contribution in [0, 0.1) is 5.92 Å². The maximum atomic E-state index is 12.8. The van der Waals surface area contributed by atoms with Crippen LogP contribution in [0.2, 0.25) is 0 Å². The van der Waals surface area contributed by atoms with Crippen LogP contribution in [0.3, 0.4) is 0 Å². The molecule has 1 fully saturated rings. The summed E-state index contributed by atoms with van der Waals surface area (Å²) in [4.78, 5) is 20.1. The molecule has 2 atom stereocenters. The minimum atomic E-state index is -3.60. The zero-order chi connectivity index (χ0) is 22.3. The number of benzene rings is 1. The Hall–Kier alpha value is -1.93. The first kappa shape index (κ1) is 23.7. The fourth-order valence-electron chi connectivity index (χ4n) is 4.32. The molecule has 0 bridgehead atoms. The summed E-state index contributed by atoms with van der Waals surface area (Å²) in [6.07, 6.45) is 7.01. The molecule has 0 spiro atoms. The van der Waals surface area contributed by atoms with Crippen molar-refractivity contribution in [3.8, 4) is 0 Å². The van der Waals surface area contributed by atoms with Crippen LogP contribution in [0.25, 0.3) is 0 Å². The fraction of sp³-hybridized carbons (Fsp3) is 0.652. The first-order valence-electron chi connectivity index (χ1n) is 11.6. The number of aliphatic imine (C=N–C) groups is 1. The van der Waals surface area contributed by atoms with E-state index in [-0.39, 0.29) is 16.6 Å². The van der Waals surface area contributed by atoms with Crippen molar-refractivity contribution in [1.29, 1.82) is 0 Å². The lowest BCUT2D eigenvalue weighted by atomic mass is 10.0. The fourth-order valence-corrected chi connectivity index (χ4v) is 5.56. The van der Waals surface area contributed by atoms with Crippen LogP contribution in [0.15, 0.2) is 34.2 Å². The van der Waals surface area contributed by atoms with Crippen LogP contribution >= 0.6 is 0 Å². The predicted octanol–water partition coefficient (Wildman–Crippen LogP) is 2.91. The molecule has 0 aromatic heterocycles. The zero-order valence-corrected chi connectivity index (χ0v) is 19.6. The molecule has 2 aliphatic heterocycles. The molecule has 0 aliphatic carbocycles. The number of amidine groups is 1. The molecular weight excluding hydrogens is 412 g/mol. The number of likely N-dealkylation sites (tertiary alicyclic amines) is 1. The third-order valence-corrected chi connectivity index (χ3v) is 7.42. The lowest BCUT2D eigenvalue weighted by Gasteiger charge is -2.30. The minimum absolute atomic E-state index is 0.129. The number of fused-ring (bicyclic) bond motifs is 1. The quantitative estimate of drug-likeness (QED) is 0.539. The molecule has 3 rings (SSSR count). The second-order valence-electron chi connectivity index (χ2n) is 8.78. The van der Waals surface area contributed by atoms with Gasteiger partial charge < -0.3 is 10.2 Å². The molecule has 2 aliphatic rings. The highest BCUT2D eigenvalue weighted by Gasteiger charge is 2.31. The van der Waals surface area contributed by atoms with E-state index >= 15 is 0 Å². The number of amides is 1. The number of rotatable bonds is 10. The number of carbonyl (C=O) groups excluding carboxylic acids is 1. The van der Waals surface area contributed by atoms with Crippen molar-refractivity contribution >= 4 is 21.8 Å². The van der Waals surface area contributed by atoms with Crippen molar-refractivity contribution in [2.75, 3.05) is 26.2 Å². The van der Waals surface area contributed by atoms with E-state index in [4.69, 9.17) is 0 Å². The molecular formula is C23H36N4O3S. The topological polar surface area (TPSA) is 90.9 Å². The summed E-state index contributed by atoms with van der Waals surface area (Å²) < 4.78 is 27.2. The summed E-state index contributed by atoms with van der Waals surface area (Å²) >= 11 is 0. The van der Waals surface area contributed by atoms with E-state index in [0.29, 0.717) is 18.5 Å². The van der Waals surface area contributed by atoms with Crippen LogP contribution in [-0.4, -0.2) is 57.3 Å². The highest BCUT2D eigenvalue weighted by atomic mass is 32.2. The summed E-state index contributed by atoms with van der Waals surface area (Å²) in [6.45, 7) is 8.45. The van der Waals surface area contributed by atoms with E-state index in [1.54, 1.807) is 24.3 Å². The van der Waals surface area contributed by atoms with E-state index in [2.05, 4.69) is 33.8 Å². The van der Waals surface area contributed by atoms with Gasteiger partial charge in [-0.15, -0.1) is 0 Å². The minimum Gasteiger partial charge on any atom is -0.354 e. The zero-order valence-electron chi connectivity index (χ0n) is 18.8. The van der Waals surface area contributed by atoms with E-state index in [9.17, 15) is 13.2 Å². The monoisotopic (exact) mass is 448 g/mol. The van der Waals surface area contributed by atoms with Crippen LogP contribution in [0.4, 0.5) is 0 Å². The third-order valence-electron chi connectivity index (χ3n) is 6.02. The number of unbranched alkanes of at least 4 members (excludes halogenated alkanes) is 2. The van der Waals surface area contributed by atoms with Gasteiger partial charge in [-0.25, -0.2) is 8.42 Å². The van der Waals surface area contributed by atoms with Gasteiger partial charge in [-0.3, -0.25) is 14.5 Å². The molecule has 31 heavy (non-hydrogen) atoms. The number of hydrogen-bond acceptors (Lipinski definition) is 5. The number of nitrogens with zero attached hydrogens (tertiary/aromatic N) is 2. The summed E-state index contributed by atoms with van der Waals surface area (Å²) in [5.74, 6) is 0.923. The molecule has 0 radical (unpaired) electrons. The largest absolute Gasteiger partial charge is 0.354 e. The van der Waals surface area contributed by atoms with Gasteiger partial charge in [0.1, 0.15) is 11.9 Å². The number of piperidine rings is 1. The number of sulfonamides is 1. The molecule has 1 aromatic rings. The Balaban J connectivity index is 1.54. The van der Waals surface area contributed by atoms with Gasteiger partial charge >= 0.3 is 0 Å². The van der Waals surface area contributed by atoms with E-state index < -0.39 is 16.1 Å². The average Bonchev–Trinajstić information content (AvgIpc) is 3.01. The molecule has 2 N–H and O–H groups in total. The number of nitrogens with one attached hydrogen (secondary N) is 2. The van der Waals surface area contributed by atoms with Crippen molar-refractivity contribution in [2.45, 2.75) is 69.7 Å². The van der Waals surface area contributed by atoms with Gasteiger partial charge in [-0.2, -0.15) is 0 Å². The van der Waals surface area contributed by atoms with E-state index in [0.717, 1.165) is 38.1 Å². The molecule has 8 heteroatoms. The number of hydrogen-bond donors (Lipinski definition) is 2. The average molecular weight is 449 g/mol. The van der Waals surface area contributed by atoms with Crippen LogP contribution in [-0.2, 0) is 14.8 Å². The first-order valence-corrected chi connectivity index (χ1v) is 13.1. The molecule has 2 heterocycles. The molecule has 7 nitrogen and oxygen atoms in total. The van der Waals surface area contributed by atoms with Crippen molar-refractivity contribution in [2.24, 2.45) is 10.9 Å². The van der Waals surface area contributed by atoms with Gasteiger partial charge in [0.25, 0.3) is 10.0 Å². The summed E-state index contributed by atoms with van der Waals surface area (Å²) in [5.41, 5.74) is 0.535. The Kier molecular flexibility index (Phi) is 8.49. The van der Waals surface area contributed by atoms with Crippen LogP contribution < -0.4 is 10.0 Å². The van der Waals surface area contributed by atoms with E-state index in [1.165, 1.54) is 25.9 Å². The Morgan fingerprint density at radius 3 is 2.87 bits per heavy atom. The SMILES string of the molecule is CCCCC(N=C1NS(=O)(=O)c2ccccc21)C(=O)NCCCCN1CCCC(C)C1. The van der Waals surface area contributed by atoms with Gasteiger partial charge in [-0.1, -0.05) is 38.8 Å². The summed E-state index contributed by atoms with van der Waals surface area (Å²) in [5, 5.41) is 3.02. The molecule has 1 amide bonds. The Labute approximate surface area is 186 Å². The maximum absolute atomic E-state index is 12.8. The highest BCUT2D eigenvalue weighted by molar-refractivity contribution is 7.90. The third kappa shape index (κ3) is 6.53. The maximum Gasteiger partial charge on any atom is 0.263 e. The smallest absolute Gasteiger partial charge is 0.263 e. The molecule has 0 saturated carbocycles. The van der Waals surface area contributed by atoms with Gasteiger partial charge in [0.15, 0.2) is 0 Å². The normalized spacial score (nSPS) is 22.6. The predicted molar refractivity (Wildman–Crippen MR) is 124 cm³/mol. The van der Waals surface area contributed by atoms with Crippen LogP contribution in [0.1, 0.15) is 64.4 Å². The molecule has 172 valence electrons. The van der Waals surface area contributed by atoms with Crippen molar-refractivity contribution in [3.63, 3.8) is 0 Å². The van der Waals surface area contributed by atoms with Crippen LogP contribution in [0.5, 0.6) is 0 Å². The molecule has 1 aromatic carbocycles. The second kappa shape index (κ2) is 11.1. The Morgan fingerprint density at radius 2 is 2.10 bits per heavy atom. The van der Waals surface area contributed by atoms with Crippen molar-refractivity contribution < 1.29 is 13.2 Å². The van der Waals surface area contributed by atoms with Gasteiger partial charge in [0.05, 0.1) is 4.90 Å². The van der Waals surface area contributed by atoms with E-state index in [1.807, 2.05) is 0 Å². The Morgan fingerprint density at radius 1 is 1.29 bits per heavy atom.